The summed E-state index contributed by atoms with van der Waals surface area (Å²) in [6.45, 7) is 2.09. The van der Waals surface area contributed by atoms with Crippen LogP contribution in [0.3, 0.4) is 0 Å². The zero-order valence-corrected chi connectivity index (χ0v) is 12.3. The summed E-state index contributed by atoms with van der Waals surface area (Å²) < 4.78 is 1.18. The second kappa shape index (κ2) is 5.24. The van der Waals surface area contributed by atoms with Crippen molar-refractivity contribution in [3.8, 4) is 0 Å². The van der Waals surface area contributed by atoms with Crippen LogP contribution in [-0.2, 0) is 13.5 Å². The predicted molar refractivity (Wildman–Crippen MR) is 71.1 cm³/mol. The van der Waals surface area contributed by atoms with E-state index in [0.29, 0.717) is 0 Å². The molecule has 1 atom stereocenters. The first-order valence-electron chi connectivity index (χ1n) is 5.26. The molecule has 0 fully saturated rings. The molecule has 2 aromatic rings. The highest BCUT2D eigenvalue weighted by Gasteiger charge is 2.16. The smallest absolute Gasteiger partial charge is 0.176 e. The van der Waals surface area contributed by atoms with Gasteiger partial charge in [0.1, 0.15) is 0 Å². The van der Waals surface area contributed by atoms with Crippen LogP contribution in [0.2, 0.25) is 0 Å². The highest BCUT2D eigenvalue weighted by atomic mass is 79.9. The van der Waals surface area contributed by atoms with Crippen molar-refractivity contribution >= 4 is 27.3 Å². The van der Waals surface area contributed by atoms with Gasteiger partial charge in [-0.15, -0.1) is 21.5 Å². The van der Waals surface area contributed by atoms with E-state index in [1.807, 2.05) is 7.05 Å². The minimum absolute atomic E-state index is 0.231. The maximum Gasteiger partial charge on any atom is 0.176 e. The topological polar surface area (TPSA) is 55.6 Å². The van der Waals surface area contributed by atoms with Crippen LogP contribution < -0.4 is 5.32 Å². The summed E-state index contributed by atoms with van der Waals surface area (Å²) in [5, 5.41) is 15.3. The summed E-state index contributed by atoms with van der Waals surface area (Å²) in [6.07, 6.45) is 0.747. The second-order valence-corrected chi connectivity index (χ2v) is 6.25. The molecule has 1 N–H and O–H groups in total. The molecule has 17 heavy (non-hydrogen) atoms. The van der Waals surface area contributed by atoms with Gasteiger partial charge in [0, 0.05) is 17.3 Å². The number of hydrogen-bond donors (Lipinski definition) is 1. The van der Waals surface area contributed by atoms with Crippen LogP contribution in [0, 0.1) is 6.92 Å². The molecule has 5 nitrogen and oxygen atoms in total. The van der Waals surface area contributed by atoms with Gasteiger partial charge in [-0.1, -0.05) is 0 Å². The fraction of sp³-hybridized carbons (Fsp3) is 0.500. The van der Waals surface area contributed by atoms with E-state index in [9.17, 15) is 0 Å². The third-order valence-corrected chi connectivity index (χ3v) is 4.75. The van der Waals surface area contributed by atoms with E-state index in [2.05, 4.69) is 49.6 Å². The predicted octanol–water partition coefficient (Wildman–Crippen LogP) is 1.85. The SMILES string of the molecule is CNC(Cc1nnn(C)n1)c1cc(C)c(Br)s1. The summed E-state index contributed by atoms with van der Waals surface area (Å²) in [7, 11) is 3.72. The van der Waals surface area contributed by atoms with E-state index in [1.165, 1.54) is 19.0 Å². The molecule has 0 radical (unpaired) electrons. The lowest BCUT2D eigenvalue weighted by Crippen LogP contribution is -2.18. The Bertz CT molecular complexity index is 487. The first-order chi connectivity index (χ1) is 8.10. The average molecular weight is 316 g/mol. The average Bonchev–Trinajstić information content (AvgIpc) is 2.83. The molecule has 2 aromatic heterocycles. The number of thiophene rings is 1. The van der Waals surface area contributed by atoms with Crippen molar-refractivity contribution in [2.45, 2.75) is 19.4 Å². The van der Waals surface area contributed by atoms with Gasteiger partial charge in [0.2, 0.25) is 0 Å². The molecule has 2 rings (SSSR count). The van der Waals surface area contributed by atoms with Gasteiger partial charge in [-0.05, 0) is 46.7 Å². The highest BCUT2D eigenvalue weighted by molar-refractivity contribution is 9.11. The lowest BCUT2D eigenvalue weighted by atomic mass is 10.1. The molecule has 7 heteroatoms. The van der Waals surface area contributed by atoms with Gasteiger partial charge in [-0.3, -0.25) is 0 Å². The largest absolute Gasteiger partial charge is 0.312 e. The molecule has 0 bridgehead atoms. The number of aryl methyl sites for hydroxylation is 2. The van der Waals surface area contributed by atoms with Crippen molar-refractivity contribution in [1.82, 2.24) is 25.5 Å². The maximum absolute atomic E-state index is 4.20. The van der Waals surface area contributed by atoms with Crippen LogP contribution in [0.15, 0.2) is 9.85 Å². The Morgan fingerprint density at radius 2 is 2.35 bits per heavy atom. The monoisotopic (exact) mass is 315 g/mol. The zero-order chi connectivity index (χ0) is 12.4. The quantitative estimate of drug-likeness (QED) is 0.935. The molecule has 0 aliphatic heterocycles. The van der Waals surface area contributed by atoms with Crippen LogP contribution >= 0.6 is 27.3 Å². The normalized spacial score (nSPS) is 12.9. The Kier molecular flexibility index (Phi) is 3.90. The molecule has 0 amide bonds. The number of hydrogen-bond acceptors (Lipinski definition) is 5. The van der Waals surface area contributed by atoms with Crippen LogP contribution in [0.25, 0.3) is 0 Å². The molecule has 0 aliphatic rings. The van der Waals surface area contributed by atoms with Crippen molar-refractivity contribution in [3.63, 3.8) is 0 Å². The number of likely N-dealkylation sites (N-methyl/N-ethyl adjacent to an activating group) is 1. The third kappa shape index (κ3) is 2.91. The maximum atomic E-state index is 4.20. The first kappa shape index (κ1) is 12.7. The van der Waals surface area contributed by atoms with E-state index < -0.39 is 0 Å². The molecule has 0 spiro atoms. The number of nitrogens with zero attached hydrogens (tertiary/aromatic N) is 4. The summed E-state index contributed by atoms with van der Waals surface area (Å²) in [4.78, 5) is 2.77. The number of aromatic nitrogens is 4. The van der Waals surface area contributed by atoms with Gasteiger partial charge in [-0.2, -0.15) is 4.80 Å². The van der Waals surface area contributed by atoms with Crippen LogP contribution in [0.5, 0.6) is 0 Å². The van der Waals surface area contributed by atoms with E-state index in [-0.39, 0.29) is 6.04 Å². The van der Waals surface area contributed by atoms with Gasteiger partial charge in [0.25, 0.3) is 0 Å². The van der Waals surface area contributed by atoms with Crippen LogP contribution in [0.4, 0.5) is 0 Å². The fourth-order valence-corrected chi connectivity index (χ4v) is 3.27. The van der Waals surface area contributed by atoms with Crippen LogP contribution in [-0.4, -0.2) is 27.3 Å². The Balaban J connectivity index is 2.16. The Labute approximate surface area is 112 Å². The lowest BCUT2D eigenvalue weighted by Gasteiger charge is -2.11. The van der Waals surface area contributed by atoms with Gasteiger partial charge < -0.3 is 5.32 Å². The molecule has 2 heterocycles. The number of tetrazole rings is 1. The first-order valence-corrected chi connectivity index (χ1v) is 6.87. The Hall–Kier alpha value is -0.790. The zero-order valence-electron chi connectivity index (χ0n) is 9.94. The van der Waals surface area contributed by atoms with Gasteiger partial charge >= 0.3 is 0 Å². The van der Waals surface area contributed by atoms with Gasteiger partial charge in [0.15, 0.2) is 5.82 Å². The molecule has 92 valence electrons. The van der Waals surface area contributed by atoms with Gasteiger partial charge in [-0.25, -0.2) is 0 Å². The molecule has 0 aromatic carbocycles. The Morgan fingerprint density at radius 3 is 2.82 bits per heavy atom. The molecule has 0 aliphatic carbocycles. The molecular weight excluding hydrogens is 302 g/mol. The van der Waals surface area contributed by atoms with Gasteiger partial charge in [0.05, 0.1) is 10.8 Å². The molecule has 0 saturated carbocycles. The van der Waals surface area contributed by atoms with Crippen molar-refractivity contribution in [1.29, 1.82) is 0 Å². The number of nitrogens with one attached hydrogen (secondary N) is 1. The molecule has 1 unspecified atom stereocenters. The molecule has 0 saturated heterocycles. The third-order valence-electron chi connectivity index (χ3n) is 2.50. The van der Waals surface area contributed by atoms with Crippen molar-refractivity contribution in [3.05, 3.63) is 26.1 Å². The number of rotatable bonds is 4. The minimum Gasteiger partial charge on any atom is -0.312 e. The van der Waals surface area contributed by atoms with E-state index in [0.717, 1.165) is 12.2 Å². The molecular formula is C10H14BrN5S. The lowest BCUT2D eigenvalue weighted by molar-refractivity contribution is 0.578. The van der Waals surface area contributed by atoms with Crippen molar-refractivity contribution in [2.75, 3.05) is 7.05 Å². The standard InChI is InChI=1S/C10H14BrN5S/c1-6-4-8(17-10(6)11)7(12-2)5-9-13-15-16(3)14-9/h4,7,12H,5H2,1-3H3. The number of halogens is 1. The summed E-state index contributed by atoms with van der Waals surface area (Å²) in [5.74, 6) is 0.758. The van der Waals surface area contributed by atoms with E-state index >= 15 is 0 Å². The summed E-state index contributed by atoms with van der Waals surface area (Å²) in [5.41, 5.74) is 1.26. The second-order valence-electron chi connectivity index (χ2n) is 3.85. The Morgan fingerprint density at radius 1 is 1.59 bits per heavy atom. The summed E-state index contributed by atoms with van der Waals surface area (Å²) in [6, 6.07) is 2.42. The minimum atomic E-state index is 0.231. The highest BCUT2D eigenvalue weighted by Crippen LogP contribution is 2.32. The van der Waals surface area contributed by atoms with Crippen molar-refractivity contribution < 1.29 is 0 Å². The van der Waals surface area contributed by atoms with Crippen molar-refractivity contribution in [2.24, 2.45) is 7.05 Å². The fourth-order valence-electron chi connectivity index (χ4n) is 1.59. The summed E-state index contributed by atoms with van der Waals surface area (Å²) >= 11 is 5.29. The van der Waals surface area contributed by atoms with E-state index in [1.54, 1.807) is 18.4 Å². The van der Waals surface area contributed by atoms with Crippen LogP contribution in [0.1, 0.15) is 22.3 Å². The van der Waals surface area contributed by atoms with E-state index in [4.69, 9.17) is 0 Å².